The number of benzene rings is 6. The number of hydrogen-bond donors (Lipinski definition) is 9. The number of piperazine rings is 2. The molecule has 4 fully saturated rings. The van der Waals surface area contributed by atoms with Crippen LogP contribution in [-0.4, -0.2) is 219 Å². The molecule has 15 atom stereocenters. The quantitative estimate of drug-likeness (QED) is 0.0388. The number of aliphatic carboxylic acids is 1. The predicted molar refractivity (Wildman–Crippen MR) is 460 cm³/mol. The number of phenolic OH excluding ortho intramolecular Hbond substituents is 2. The Morgan fingerprint density at radius 3 is 1.60 bits per heavy atom. The Morgan fingerprint density at radius 1 is 0.645 bits per heavy atom. The van der Waals surface area contributed by atoms with Gasteiger partial charge < -0.3 is 88.6 Å². The fourth-order valence-electron chi connectivity index (χ4n) is 20.7. The monoisotopic (exact) mass is 1740 g/mol. The average Bonchev–Trinajstić information content (AvgIpc) is 1.67. The Morgan fingerprint density at radius 2 is 1.12 bits per heavy atom. The highest BCUT2D eigenvalue weighted by Gasteiger charge is 2.65. The highest BCUT2D eigenvalue weighted by Crippen LogP contribution is 2.67. The van der Waals surface area contributed by atoms with E-state index in [1.54, 1.807) is 14.0 Å². The van der Waals surface area contributed by atoms with Crippen LogP contribution in [0.5, 0.6) is 57.5 Å². The number of ether oxygens (including phenoxy) is 10. The molecule has 4 saturated heterocycles. The van der Waals surface area contributed by atoms with Gasteiger partial charge in [-0.1, -0.05) is 56.7 Å². The fourth-order valence-corrected chi connectivity index (χ4v) is 23.7. The maximum absolute atomic E-state index is 15.1. The molecule has 1 spiro atoms. The highest BCUT2D eigenvalue weighted by molar-refractivity contribution is 8.00. The van der Waals surface area contributed by atoms with E-state index in [1.165, 1.54) is 61.0 Å². The smallest absolute Gasteiger partial charge is 0.375 e. The van der Waals surface area contributed by atoms with Crippen LogP contribution >= 0.6 is 23.5 Å². The van der Waals surface area contributed by atoms with Crippen molar-refractivity contribution >= 4 is 81.0 Å². The topological polar surface area (TPSA) is 426 Å². The van der Waals surface area contributed by atoms with Gasteiger partial charge in [-0.05, 0) is 139 Å². The van der Waals surface area contributed by atoms with E-state index in [2.05, 4.69) is 78.2 Å². The molecule has 14 heterocycles. The van der Waals surface area contributed by atoms with Crippen LogP contribution in [0.3, 0.4) is 0 Å². The van der Waals surface area contributed by atoms with E-state index < -0.39 is 106 Å². The Kier molecular flexibility index (Phi) is 25.5. The molecule has 0 amide bonds. The molecule has 12 aliphatic rings. The number of rotatable bonds is 8. The number of aromatic amines is 2. The van der Waals surface area contributed by atoms with Gasteiger partial charge in [-0.3, -0.25) is 44.1 Å². The van der Waals surface area contributed by atoms with E-state index in [-0.39, 0.29) is 88.6 Å². The summed E-state index contributed by atoms with van der Waals surface area (Å²) in [6.07, 6.45) is 4.15. The average molecular weight is 1740 g/mol. The predicted octanol–water partition coefficient (Wildman–Crippen LogP) is 10.3. The lowest BCUT2D eigenvalue weighted by atomic mass is 9.71. The first-order valence-electron chi connectivity index (χ1n) is 41.0. The number of ketones is 1. The number of aromatic nitrogens is 2. The molecule has 0 saturated carbocycles. The molecule has 8 bridgehead atoms. The van der Waals surface area contributed by atoms with Gasteiger partial charge in [-0.15, -0.1) is 23.5 Å². The number of esters is 4. The number of aromatic hydroxyl groups is 2. The third-order valence-corrected chi connectivity index (χ3v) is 28.3. The van der Waals surface area contributed by atoms with Crippen LogP contribution in [0.1, 0.15) is 171 Å². The third kappa shape index (κ3) is 14.8. The van der Waals surface area contributed by atoms with Crippen molar-refractivity contribution in [2.45, 2.75) is 198 Å². The van der Waals surface area contributed by atoms with Crippen molar-refractivity contribution in [3.8, 4) is 69.6 Å². The van der Waals surface area contributed by atoms with Crippen LogP contribution in [0.25, 0.3) is 21.8 Å². The molecular formula is C91H106N10O21S2. The zero-order valence-electron chi connectivity index (χ0n) is 71.1. The van der Waals surface area contributed by atoms with Gasteiger partial charge >= 0.3 is 23.9 Å². The maximum atomic E-state index is 15.1. The van der Waals surface area contributed by atoms with E-state index in [1.807, 2.05) is 86.1 Å². The molecule has 1 unspecified atom stereocenters. The van der Waals surface area contributed by atoms with Crippen molar-refractivity contribution in [3.63, 3.8) is 0 Å². The molecule has 8 aromatic rings. The third-order valence-electron chi connectivity index (χ3n) is 25.5. The maximum Gasteiger partial charge on any atom is 0.375 e. The summed E-state index contributed by atoms with van der Waals surface area (Å²) in [7, 11) is 6.99. The number of aliphatic hydroxyl groups is 2. The normalized spacial score (nSPS) is 25.9. The van der Waals surface area contributed by atoms with E-state index in [9.17, 15) is 45.0 Å². The summed E-state index contributed by atoms with van der Waals surface area (Å²) >= 11 is 2.71. The summed E-state index contributed by atoms with van der Waals surface area (Å²) in [5.41, 5.74) is 19.9. The van der Waals surface area contributed by atoms with Crippen LogP contribution < -0.4 is 48.9 Å². The van der Waals surface area contributed by atoms with Crippen molar-refractivity contribution in [3.05, 3.63) is 149 Å². The second kappa shape index (κ2) is 35.3. The van der Waals surface area contributed by atoms with Gasteiger partial charge in [-0.2, -0.15) is 10.5 Å². The molecule has 2 aromatic heterocycles. The summed E-state index contributed by atoms with van der Waals surface area (Å²) < 4.78 is 59.8. The minimum Gasteiger partial charge on any atom is -0.504 e. The number of phenols is 2. The number of carbonyl (C=O) groups excluding carboxylic acids is 5. The Labute approximate surface area is 726 Å². The number of nitrogens with one attached hydrogen (secondary N) is 3. The van der Waals surface area contributed by atoms with Gasteiger partial charge in [0.2, 0.25) is 19.4 Å². The molecule has 31 nitrogen and oxygen atoms in total. The van der Waals surface area contributed by atoms with Gasteiger partial charge in [0, 0.05) is 135 Å². The Bertz CT molecular complexity index is 5720. The van der Waals surface area contributed by atoms with Crippen LogP contribution in [0.4, 0.5) is 0 Å². The minimum atomic E-state index is -1.43. The molecule has 0 radical (unpaired) electrons. The second-order valence-electron chi connectivity index (χ2n) is 32.8. The first-order valence-corrected chi connectivity index (χ1v) is 43.1. The van der Waals surface area contributed by atoms with Gasteiger partial charge in [0.25, 0.3) is 5.97 Å². The molecule has 10 N–H and O–H groups in total. The number of carboxylic acid groups (broad SMARTS) is 1. The van der Waals surface area contributed by atoms with Crippen LogP contribution in [-0.2, 0) is 69.5 Å². The van der Waals surface area contributed by atoms with Crippen LogP contribution in [0.15, 0.2) is 54.7 Å². The van der Waals surface area contributed by atoms with Gasteiger partial charge in [0.15, 0.2) is 51.5 Å². The SMILES string of the molecule is C.CC.CC(=O)O.COc1c(C)cc2c(c1O)[C@@H]1C3[C@@H]4SC[C@]5(N[C@H](CO)Cc6c5[nH]c5ccc(C)cc65)C(=O)OC[C@@H](c5c6c(c(C)c(OC(C)=O)c54)OCO6)N3[C@@H](C#N)[C@H](C2)N1C.COc1c(C)cc2c(c1O)[C@@H]1[C@@H]3[C@@H]4SCC(=O)C(=O)OC[C@@H](c5c6c(c(C)c(OC(C)=O)c54)OCO6)N3[C@@H](C#N)[C@H](C2)N1C.Cc1ccc2[nH]cc(C[C@H](N)CO)c2c1. The zero-order chi connectivity index (χ0) is 88.1. The number of nitrogens with two attached hydrogens (primary N) is 1. The lowest BCUT2D eigenvalue weighted by Crippen LogP contribution is -2.69. The summed E-state index contributed by atoms with van der Waals surface area (Å²) in [6.45, 7) is 18.5. The number of cyclic esters (lactones) is 1. The number of carbonyl (C=O) groups is 6. The number of aryl methyl sites for hydroxylation is 4. The molecule has 33 heteroatoms. The number of Topliss-reactive ketones (excluding diaryl/α,β-unsaturated/α-hetero) is 1. The zero-order valence-corrected chi connectivity index (χ0v) is 72.7. The number of nitrogens with zero attached hydrogens (tertiary/aromatic N) is 6. The molecule has 20 rings (SSSR count). The molecule has 658 valence electrons. The van der Waals surface area contributed by atoms with Crippen molar-refractivity contribution in [1.29, 1.82) is 10.5 Å². The fraction of sp³-hybridized carbons (Fsp3) is 0.473. The number of H-pyrrole nitrogens is 2. The molecule has 12 aliphatic heterocycles. The van der Waals surface area contributed by atoms with E-state index in [0.29, 0.717) is 122 Å². The minimum absolute atomic E-state index is 0. The largest absolute Gasteiger partial charge is 0.504 e. The number of hydrogen-bond acceptors (Lipinski definition) is 30. The van der Waals surface area contributed by atoms with Crippen molar-refractivity contribution in [2.24, 2.45) is 5.73 Å². The molecular weight excluding hydrogens is 1630 g/mol. The van der Waals surface area contributed by atoms with Gasteiger partial charge in [-0.25, -0.2) is 9.59 Å². The van der Waals surface area contributed by atoms with Gasteiger partial charge in [0.05, 0.1) is 85.7 Å². The first-order chi connectivity index (χ1) is 58.9. The van der Waals surface area contributed by atoms with Crippen LogP contribution in [0.2, 0.25) is 0 Å². The summed E-state index contributed by atoms with van der Waals surface area (Å²) in [5, 5.41) is 77.4. The van der Waals surface area contributed by atoms with Crippen molar-refractivity contribution in [2.75, 3.05) is 79.8 Å². The molecule has 124 heavy (non-hydrogen) atoms. The van der Waals surface area contributed by atoms with Crippen LogP contribution in [0, 0.1) is 64.2 Å². The Hall–Kier alpha value is -10.8. The van der Waals surface area contributed by atoms with E-state index in [4.69, 9.17) is 68.1 Å². The van der Waals surface area contributed by atoms with Gasteiger partial charge in [0.1, 0.15) is 36.8 Å². The number of methoxy groups -OCH3 is 2. The number of fused-ring (bicyclic) bond motifs is 21. The lowest BCUT2D eigenvalue weighted by Gasteiger charge is -2.62. The summed E-state index contributed by atoms with van der Waals surface area (Å²) in [6, 6.07) is 15.5. The molecule has 6 aromatic carbocycles. The number of likely N-dealkylation sites (N-methyl/N-ethyl adjacent to an activating group) is 2. The standard InChI is InChI=1S/C43H45N5O9S.C31H31N3O9S.C12H16N2O.C2H4O2.C2H6.CH4/c1-18-7-8-26-24(9-18)25-12-23(14-49)46-43(41(25)45-26)16-58-40-32-31(39-38(55-17-56-39)20(3)37(32)57-21(4)50)29(15-54-42(43)52)48-28(13-44)27-11-22-10-19(2)36(53-6)35(51)30(22)33(34(40)48)47(27)5;1-12-6-15-7-16-17(8-32)34-18-9-40-31(38)19(36)10-44-30(24(34)23(33(16)4)20(15)25(37)26(12)39-5)22-21(18)29-28(41-11-42-29)13(2)27(22)43-14(3)35;1-8-2-3-12-11(4-8)9(6-14-12)5-10(13)7-15;1-2(3)4;1-2;/h7-10,23,27-29,33-34,40,45-46,49,51H,11-12,14-17H2,1-6H3;6,16-18,23-24,30,37H,7,9-11H2,1-5H3;2-4,6,10,14-15H,5,7,13H2,1H3;1H3,(H,3,4);1-2H3;1H4/t23-,27-,28-,29-,33+,34?,40+,43+;16-,17-,18-,23+,24+,30+;10-;;;/m000.../s1. The van der Waals surface area contributed by atoms with E-state index >= 15 is 4.79 Å². The summed E-state index contributed by atoms with van der Waals surface area (Å²) in [4.78, 5) is 90.6. The highest BCUT2D eigenvalue weighted by atomic mass is 32.2. The Balaban J connectivity index is 0.000000166. The number of aliphatic hydroxyl groups excluding tert-OH is 2. The number of thioether (sulfide) groups is 2. The first kappa shape index (κ1) is 89.5. The second-order valence-corrected chi connectivity index (χ2v) is 35.0. The molecule has 0 aliphatic carbocycles. The van der Waals surface area contributed by atoms with E-state index in [0.717, 1.165) is 56.7 Å². The van der Waals surface area contributed by atoms with Crippen molar-refractivity contribution < 1.29 is 102 Å². The number of nitriles is 2. The van der Waals surface area contributed by atoms with Crippen molar-refractivity contribution in [1.82, 2.24) is 34.9 Å². The summed E-state index contributed by atoms with van der Waals surface area (Å²) in [5.74, 6) is -0.928. The number of carboxylic acids is 1. The lowest BCUT2D eigenvalue weighted by molar-refractivity contribution is -0.158.